The maximum absolute atomic E-state index is 12.0. The Bertz CT molecular complexity index is 451. The lowest BCUT2D eigenvalue weighted by molar-refractivity contribution is -0.126. The second-order valence-electron chi connectivity index (χ2n) is 3.59. The van der Waals surface area contributed by atoms with Crippen LogP contribution in [0.4, 0.5) is 5.69 Å². The van der Waals surface area contributed by atoms with Crippen molar-refractivity contribution < 1.29 is 9.00 Å². The molecule has 17 heavy (non-hydrogen) atoms. The van der Waals surface area contributed by atoms with E-state index in [0.717, 1.165) is 0 Å². The molecule has 0 saturated heterocycles. The summed E-state index contributed by atoms with van der Waals surface area (Å²) < 4.78 is 12.0. The van der Waals surface area contributed by atoms with Gasteiger partial charge in [-0.05, 0) is 25.1 Å². The minimum atomic E-state index is -1.46. The van der Waals surface area contributed by atoms with E-state index in [0.29, 0.717) is 22.2 Å². The number of carbonyl (C=O) groups is 1. The van der Waals surface area contributed by atoms with Crippen molar-refractivity contribution in [3.8, 4) is 0 Å². The van der Waals surface area contributed by atoms with Gasteiger partial charge in [-0.25, -0.2) is 0 Å². The highest BCUT2D eigenvalue weighted by atomic mass is 35.5. The zero-order chi connectivity index (χ0) is 13.0. The van der Waals surface area contributed by atoms with E-state index < -0.39 is 10.8 Å². The summed E-state index contributed by atoms with van der Waals surface area (Å²) in [7, 11) is 0.206. The normalized spacial score (nSPS) is 12.2. The van der Waals surface area contributed by atoms with Crippen LogP contribution in [0.5, 0.6) is 0 Å². The third-order valence-electron chi connectivity index (χ3n) is 2.36. The second-order valence-corrected chi connectivity index (χ2v) is 5.41. The van der Waals surface area contributed by atoms with Gasteiger partial charge in [-0.3, -0.25) is 9.00 Å². The van der Waals surface area contributed by atoms with Gasteiger partial charge in [0.05, 0.1) is 20.7 Å². The molecule has 4 nitrogen and oxygen atoms in total. The Balaban J connectivity index is 2.83. The average molecular weight is 275 g/mol. The van der Waals surface area contributed by atoms with Crippen LogP contribution in [0.3, 0.4) is 0 Å². The molecule has 1 aromatic carbocycles. The third kappa shape index (κ3) is 3.71. The van der Waals surface area contributed by atoms with Crippen LogP contribution in [0.1, 0.15) is 6.92 Å². The third-order valence-corrected chi connectivity index (χ3v) is 4.13. The van der Waals surface area contributed by atoms with Crippen LogP contribution < -0.4 is 5.73 Å². The number of amides is 1. The highest BCUT2D eigenvalue weighted by molar-refractivity contribution is 7.85. The van der Waals surface area contributed by atoms with Gasteiger partial charge in [0.1, 0.15) is 5.75 Å². The maximum Gasteiger partial charge on any atom is 0.235 e. The van der Waals surface area contributed by atoms with Gasteiger partial charge in [-0.15, -0.1) is 0 Å². The highest BCUT2D eigenvalue weighted by Crippen LogP contribution is 2.22. The number of halogens is 1. The van der Waals surface area contributed by atoms with Crippen LogP contribution in [0.25, 0.3) is 0 Å². The van der Waals surface area contributed by atoms with Crippen molar-refractivity contribution >= 4 is 34.0 Å². The molecule has 0 fully saturated rings. The number of nitrogens with zero attached hydrogens (tertiary/aromatic N) is 1. The minimum Gasteiger partial charge on any atom is -0.399 e. The van der Waals surface area contributed by atoms with Crippen molar-refractivity contribution in [2.75, 3.05) is 25.1 Å². The van der Waals surface area contributed by atoms with Crippen LogP contribution in [-0.2, 0) is 15.6 Å². The summed E-state index contributed by atoms with van der Waals surface area (Å²) in [5.74, 6) is -0.252. The van der Waals surface area contributed by atoms with Crippen LogP contribution in [0.2, 0.25) is 5.02 Å². The van der Waals surface area contributed by atoms with Gasteiger partial charge < -0.3 is 10.6 Å². The Labute approximate surface area is 108 Å². The number of hydrogen-bond donors (Lipinski definition) is 1. The van der Waals surface area contributed by atoms with Crippen LogP contribution >= 0.6 is 11.6 Å². The molecular weight excluding hydrogens is 260 g/mol. The fourth-order valence-corrected chi connectivity index (χ4v) is 2.70. The van der Waals surface area contributed by atoms with E-state index in [4.69, 9.17) is 17.3 Å². The molecule has 94 valence electrons. The molecule has 0 bridgehead atoms. The molecule has 0 heterocycles. The van der Waals surface area contributed by atoms with Gasteiger partial charge in [0.15, 0.2) is 0 Å². The molecular formula is C11H15ClN2O2S. The summed E-state index contributed by atoms with van der Waals surface area (Å²) >= 11 is 5.91. The largest absolute Gasteiger partial charge is 0.399 e. The Morgan fingerprint density at radius 1 is 1.53 bits per heavy atom. The zero-order valence-corrected chi connectivity index (χ0v) is 11.3. The summed E-state index contributed by atoms with van der Waals surface area (Å²) in [6.07, 6.45) is 0. The minimum absolute atomic E-state index is 0.0759. The number of hydrogen-bond acceptors (Lipinski definition) is 3. The highest BCUT2D eigenvalue weighted by Gasteiger charge is 2.15. The van der Waals surface area contributed by atoms with E-state index in [-0.39, 0.29) is 11.7 Å². The van der Waals surface area contributed by atoms with E-state index in [9.17, 15) is 9.00 Å². The summed E-state index contributed by atoms with van der Waals surface area (Å²) in [5.41, 5.74) is 6.07. The first-order valence-corrected chi connectivity index (χ1v) is 6.82. The SMILES string of the molecule is CCN(C)C(=O)CS(=O)c1cc(N)ccc1Cl. The predicted molar refractivity (Wildman–Crippen MR) is 70.5 cm³/mol. The Hall–Kier alpha value is -1.07. The molecule has 1 aromatic rings. The Kier molecular flexibility index (Phi) is 4.96. The molecule has 0 saturated carbocycles. The van der Waals surface area contributed by atoms with Gasteiger partial charge in [0.25, 0.3) is 0 Å². The number of anilines is 1. The average Bonchev–Trinajstić information content (AvgIpc) is 2.30. The number of benzene rings is 1. The van der Waals surface area contributed by atoms with E-state index >= 15 is 0 Å². The van der Waals surface area contributed by atoms with E-state index in [1.807, 2.05) is 6.92 Å². The van der Waals surface area contributed by atoms with Gasteiger partial charge in [-0.1, -0.05) is 11.6 Å². The lowest BCUT2D eigenvalue weighted by Gasteiger charge is -2.14. The molecule has 1 atom stereocenters. The van der Waals surface area contributed by atoms with Crippen LogP contribution in [0, 0.1) is 0 Å². The van der Waals surface area contributed by atoms with Crippen molar-refractivity contribution in [2.45, 2.75) is 11.8 Å². The topological polar surface area (TPSA) is 63.4 Å². The van der Waals surface area contributed by atoms with E-state index in [1.165, 1.54) is 11.0 Å². The first-order valence-electron chi connectivity index (χ1n) is 5.13. The first-order chi connectivity index (χ1) is 7.95. The smallest absolute Gasteiger partial charge is 0.235 e. The van der Waals surface area contributed by atoms with E-state index in [2.05, 4.69) is 0 Å². The van der Waals surface area contributed by atoms with Crippen LogP contribution in [0.15, 0.2) is 23.1 Å². The quantitative estimate of drug-likeness (QED) is 0.847. The Morgan fingerprint density at radius 3 is 2.76 bits per heavy atom. The first kappa shape index (κ1) is 14.0. The molecule has 0 radical (unpaired) electrons. The monoisotopic (exact) mass is 274 g/mol. The summed E-state index contributed by atoms with van der Waals surface area (Å²) in [6.45, 7) is 2.44. The van der Waals surface area contributed by atoms with Crippen molar-refractivity contribution in [2.24, 2.45) is 0 Å². The molecule has 1 unspecified atom stereocenters. The van der Waals surface area contributed by atoms with Crippen molar-refractivity contribution in [1.82, 2.24) is 4.90 Å². The number of nitrogens with two attached hydrogens (primary N) is 1. The molecule has 2 N–H and O–H groups in total. The predicted octanol–water partition coefficient (Wildman–Crippen LogP) is 1.51. The fourth-order valence-electron chi connectivity index (χ4n) is 1.17. The van der Waals surface area contributed by atoms with Crippen molar-refractivity contribution in [1.29, 1.82) is 0 Å². The summed E-state index contributed by atoms with van der Waals surface area (Å²) in [6, 6.07) is 4.75. The van der Waals surface area contributed by atoms with Gasteiger partial charge >= 0.3 is 0 Å². The summed E-state index contributed by atoms with van der Waals surface area (Å²) in [5, 5.41) is 0.365. The zero-order valence-electron chi connectivity index (χ0n) is 9.77. The second kappa shape index (κ2) is 6.02. The molecule has 0 spiro atoms. The number of nitrogen functional groups attached to an aromatic ring is 1. The molecule has 0 aromatic heterocycles. The molecule has 6 heteroatoms. The lowest BCUT2D eigenvalue weighted by atomic mass is 10.3. The van der Waals surface area contributed by atoms with Crippen LogP contribution in [-0.4, -0.2) is 34.4 Å². The fraction of sp³-hybridized carbons (Fsp3) is 0.364. The van der Waals surface area contributed by atoms with Gasteiger partial charge in [-0.2, -0.15) is 0 Å². The van der Waals surface area contributed by atoms with E-state index in [1.54, 1.807) is 19.2 Å². The Morgan fingerprint density at radius 2 is 2.18 bits per heavy atom. The van der Waals surface area contributed by atoms with Gasteiger partial charge in [0, 0.05) is 19.3 Å². The van der Waals surface area contributed by atoms with Crippen molar-refractivity contribution in [3.05, 3.63) is 23.2 Å². The number of rotatable bonds is 4. The molecule has 1 rings (SSSR count). The molecule has 0 aliphatic carbocycles. The molecule has 0 aliphatic rings. The number of carbonyl (C=O) groups excluding carboxylic acids is 1. The maximum atomic E-state index is 12.0. The molecule has 0 aliphatic heterocycles. The standard InChI is InChI=1S/C11H15ClN2O2S/c1-3-14(2)11(15)7-17(16)10-6-8(13)4-5-9(10)12/h4-6H,3,7,13H2,1-2H3. The lowest BCUT2D eigenvalue weighted by Crippen LogP contribution is -2.30. The van der Waals surface area contributed by atoms with Gasteiger partial charge in [0.2, 0.25) is 5.91 Å². The van der Waals surface area contributed by atoms with Crippen molar-refractivity contribution in [3.63, 3.8) is 0 Å². The molecule has 1 amide bonds. The summed E-state index contributed by atoms with van der Waals surface area (Å²) in [4.78, 5) is 13.5.